The normalized spacial score (nSPS) is 11.6. The molecule has 0 radical (unpaired) electrons. The Morgan fingerprint density at radius 3 is 2.40 bits per heavy atom. The van der Waals surface area contributed by atoms with Crippen LogP contribution in [-0.2, 0) is 5.41 Å². The van der Waals surface area contributed by atoms with E-state index in [1.54, 1.807) is 20.8 Å². The Bertz CT molecular complexity index is 676. The Kier molecular flexibility index (Phi) is 3.09. The first kappa shape index (κ1) is 13.8. The zero-order valence-corrected chi connectivity index (χ0v) is 11.0. The van der Waals surface area contributed by atoms with Crippen LogP contribution in [0.1, 0.15) is 37.0 Å². The molecule has 2 aromatic heterocycles. The third kappa shape index (κ3) is 2.40. The van der Waals surface area contributed by atoms with Crippen molar-refractivity contribution in [3.05, 3.63) is 33.7 Å². The van der Waals surface area contributed by atoms with Crippen molar-refractivity contribution in [1.82, 2.24) is 4.98 Å². The van der Waals surface area contributed by atoms with Crippen molar-refractivity contribution in [2.24, 2.45) is 0 Å². The van der Waals surface area contributed by atoms with E-state index in [4.69, 9.17) is 13.9 Å². The van der Waals surface area contributed by atoms with Gasteiger partial charge in [-0.25, -0.2) is 9.78 Å². The Hall–Kier alpha value is -2.64. The summed E-state index contributed by atoms with van der Waals surface area (Å²) in [5, 5.41) is 19.7. The summed E-state index contributed by atoms with van der Waals surface area (Å²) >= 11 is 0. The molecule has 2 rings (SSSR count). The summed E-state index contributed by atoms with van der Waals surface area (Å²) in [6.07, 6.45) is 0. The number of carbonyl (C=O) groups is 1. The highest BCUT2D eigenvalue weighted by Crippen LogP contribution is 2.32. The smallest absolute Gasteiger partial charge is 0.433 e. The average Bonchev–Trinajstić information content (AvgIpc) is 2.94. The Balaban J connectivity index is 2.53. The highest BCUT2D eigenvalue weighted by atomic mass is 16.6. The molecule has 1 N–H and O–H groups in total. The number of hydrogen-bond acceptors (Lipinski definition) is 6. The minimum Gasteiger partial charge on any atom is -0.475 e. The number of nitro groups is 1. The topological polar surface area (TPSA) is 120 Å². The van der Waals surface area contributed by atoms with Gasteiger partial charge in [0.25, 0.3) is 5.89 Å². The van der Waals surface area contributed by atoms with E-state index in [1.165, 1.54) is 6.07 Å². The second-order valence-electron chi connectivity index (χ2n) is 5.15. The molecule has 0 spiro atoms. The van der Waals surface area contributed by atoms with E-state index in [0.29, 0.717) is 0 Å². The molecule has 0 fully saturated rings. The molecule has 0 aliphatic rings. The molecule has 2 heterocycles. The van der Waals surface area contributed by atoms with Crippen LogP contribution in [0.3, 0.4) is 0 Å². The van der Waals surface area contributed by atoms with Crippen LogP contribution in [0.4, 0.5) is 5.88 Å². The van der Waals surface area contributed by atoms with E-state index in [2.05, 4.69) is 4.98 Å². The van der Waals surface area contributed by atoms with Crippen LogP contribution in [0.2, 0.25) is 0 Å². The van der Waals surface area contributed by atoms with Crippen molar-refractivity contribution < 1.29 is 23.7 Å². The predicted octanol–water partition coefficient (Wildman–Crippen LogP) is 2.84. The third-order valence-electron chi connectivity index (χ3n) is 2.51. The summed E-state index contributed by atoms with van der Waals surface area (Å²) in [5.74, 6) is -2.11. The fourth-order valence-corrected chi connectivity index (χ4v) is 1.62. The van der Waals surface area contributed by atoms with Gasteiger partial charge in [-0.1, -0.05) is 20.8 Å². The first-order chi connectivity index (χ1) is 9.20. The minimum atomic E-state index is -1.25. The SMILES string of the molecule is CC(C)(C)c1nc(-c2ccc([N+](=O)[O-])o2)oc1C(=O)O. The Morgan fingerprint density at radius 1 is 1.35 bits per heavy atom. The molecule has 0 saturated carbocycles. The number of aromatic nitrogens is 1. The fourth-order valence-electron chi connectivity index (χ4n) is 1.62. The summed E-state index contributed by atoms with van der Waals surface area (Å²) in [7, 11) is 0. The lowest BCUT2D eigenvalue weighted by molar-refractivity contribution is -0.401. The molecule has 8 nitrogen and oxygen atoms in total. The number of oxazole rings is 1. The van der Waals surface area contributed by atoms with Gasteiger partial charge in [-0.2, -0.15) is 0 Å². The number of hydrogen-bond donors (Lipinski definition) is 1. The Labute approximate surface area is 113 Å². The molecule has 0 bridgehead atoms. The van der Waals surface area contributed by atoms with Crippen LogP contribution in [-0.4, -0.2) is 21.0 Å². The van der Waals surface area contributed by atoms with Gasteiger partial charge in [0.1, 0.15) is 10.6 Å². The molecule has 2 aromatic rings. The molecule has 0 amide bonds. The summed E-state index contributed by atoms with van der Waals surface area (Å²) in [4.78, 5) is 25.1. The number of furan rings is 1. The molecule has 0 unspecified atom stereocenters. The molecular formula is C12H12N2O6. The van der Waals surface area contributed by atoms with Gasteiger partial charge in [0, 0.05) is 5.41 Å². The van der Waals surface area contributed by atoms with E-state index < -0.39 is 22.2 Å². The first-order valence-electron chi connectivity index (χ1n) is 5.69. The van der Waals surface area contributed by atoms with Gasteiger partial charge in [0.2, 0.25) is 5.76 Å². The number of aromatic carboxylic acids is 1. The van der Waals surface area contributed by atoms with Gasteiger partial charge >= 0.3 is 11.9 Å². The van der Waals surface area contributed by atoms with E-state index >= 15 is 0 Å². The quantitative estimate of drug-likeness (QED) is 0.677. The fraction of sp³-hybridized carbons (Fsp3) is 0.333. The zero-order chi connectivity index (χ0) is 15.1. The van der Waals surface area contributed by atoms with Gasteiger partial charge in [0.15, 0.2) is 5.76 Å². The maximum atomic E-state index is 11.2. The van der Waals surface area contributed by atoms with Crippen molar-refractivity contribution in [3.8, 4) is 11.7 Å². The lowest BCUT2D eigenvalue weighted by atomic mass is 9.91. The van der Waals surface area contributed by atoms with E-state index in [9.17, 15) is 14.9 Å². The average molecular weight is 280 g/mol. The number of carboxylic acids is 1. The number of rotatable bonds is 3. The summed E-state index contributed by atoms with van der Waals surface area (Å²) in [5.41, 5.74) is -0.298. The van der Waals surface area contributed by atoms with Crippen LogP contribution >= 0.6 is 0 Å². The van der Waals surface area contributed by atoms with E-state index in [0.717, 1.165) is 6.07 Å². The van der Waals surface area contributed by atoms with Crippen LogP contribution in [0.25, 0.3) is 11.7 Å². The lowest BCUT2D eigenvalue weighted by Gasteiger charge is -2.14. The van der Waals surface area contributed by atoms with Gasteiger partial charge in [-0.3, -0.25) is 10.1 Å². The highest BCUT2D eigenvalue weighted by Gasteiger charge is 2.30. The largest absolute Gasteiger partial charge is 0.475 e. The van der Waals surface area contributed by atoms with Crippen molar-refractivity contribution in [3.63, 3.8) is 0 Å². The summed E-state index contributed by atoms with van der Waals surface area (Å²) < 4.78 is 10.1. The lowest BCUT2D eigenvalue weighted by Crippen LogP contribution is -2.16. The zero-order valence-electron chi connectivity index (χ0n) is 11.0. The van der Waals surface area contributed by atoms with Crippen molar-refractivity contribution in [2.75, 3.05) is 0 Å². The summed E-state index contributed by atoms with van der Waals surface area (Å²) in [6.45, 7) is 5.35. The van der Waals surface area contributed by atoms with E-state index in [-0.39, 0.29) is 23.1 Å². The second kappa shape index (κ2) is 4.48. The number of carboxylic acid groups (broad SMARTS) is 1. The Morgan fingerprint density at radius 2 is 2.00 bits per heavy atom. The van der Waals surface area contributed by atoms with Crippen LogP contribution in [0.15, 0.2) is 21.0 Å². The summed E-state index contributed by atoms with van der Waals surface area (Å²) in [6, 6.07) is 2.46. The third-order valence-corrected chi connectivity index (χ3v) is 2.51. The molecule has 106 valence electrons. The van der Waals surface area contributed by atoms with Gasteiger partial charge in [-0.05, 0) is 6.07 Å². The predicted molar refractivity (Wildman–Crippen MR) is 66.5 cm³/mol. The number of nitrogens with zero attached hydrogens (tertiary/aromatic N) is 2. The van der Waals surface area contributed by atoms with Crippen LogP contribution < -0.4 is 0 Å². The highest BCUT2D eigenvalue weighted by molar-refractivity contribution is 5.86. The standard InChI is InChI=1S/C12H12N2O6/c1-12(2,3)9-8(11(15)16)20-10(13-9)6-4-5-7(19-6)14(17)18/h4-5H,1-3H3,(H,15,16). The molecule has 8 heteroatoms. The molecule has 0 aliphatic carbocycles. The van der Waals surface area contributed by atoms with Crippen LogP contribution in [0.5, 0.6) is 0 Å². The molecular weight excluding hydrogens is 268 g/mol. The van der Waals surface area contributed by atoms with Gasteiger partial charge < -0.3 is 13.9 Å². The molecule has 0 atom stereocenters. The maximum absolute atomic E-state index is 11.2. The van der Waals surface area contributed by atoms with Gasteiger partial charge in [0.05, 0.1) is 6.07 Å². The molecule has 20 heavy (non-hydrogen) atoms. The monoisotopic (exact) mass is 280 g/mol. The molecule has 0 aliphatic heterocycles. The van der Waals surface area contributed by atoms with Crippen LogP contribution in [0, 0.1) is 10.1 Å². The molecule has 0 saturated heterocycles. The van der Waals surface area contributed by atoms with Crippen molar-refractivity contribution in [1.29, 1.82) is 0 Å². The molecule has 0 aromatic carbocycles. The first-order valence-corrected chi connectivity index (χ1v) is 5.69. The van der Waals surface area contributed by atoms with E-state index in [1.807, 2.05) is 0 Å². The minimum absolute atomic E-state index is 0.00898. The van der Waals surface area contributed by atoms with Crippen molar-refractivity contribution in [2.45, 2.75) is 26.2 Å². The maximum Gasteiger partial charge on any atom is 0.433 e. The second-order valence-corrected chi connectivity index (χ2v) is 5.15. The van der Waals surface area contributed by atoms with Crippen molar-refractivity contribution >= 4 is 11.9 Å². The van der Waals surface area contributed by atoms with Gasteiger partial charge in [-0.15, -0.1) is 0 Å².